The Labute approximate surface area is 191 Å². The highest BCUT2D eigenvalue weighted by Crippen LogP contribution is 2.41. The molecule has 0 atom stereocenters. The van der Waals surface area contributed by atoms with Crippen molar-refractivity contribution in [2.24, 2.45) is 0 Å². The Kier molecular flexibility index (Phi) is 6.01. The number of oxazole rings is 1. The minimum atomic E-state index is -3.34. The number of rotatable bonds is 8. The molecule has 0 fully saturated rings. The summed E-state index contributed by atoms with van der Waals surface area (Å²) in [4.78, 5) is 4.53. The third-order valence-electron chi connectivity index (χ3n) is 4.83. The number of hydrogen-bond donors (Lipinski definition) is 2. The smallest absolute Gasteiger partial charge is 0.300 e. The van der Waals surface area contributed by atoms with Gasteiger partial charge in [-0.05, 0) is 23.8 Å². The van der Waals surface area contributed by atoms with Crippen LogP contribution in [0, 0.1) is 0 Å². The lowest BCUT2D eigenvalue weighted by atomic mass is 10.0. The highest BCUT2D eigenvalue weighted by atomic mass is 32.2. The van der Waals surface area contributed by atoms with Crippen LogP contribution < -0.4 is 24.2 Å². The van der Waals surface area contributed by atoms with Crippen LogP contribution in [0.2, 0.25) is 0 Å². The quantitative estimate of drug-likeness (QED) is 0.384. The summed E-state index contributed by atoms with van der Waals surface area (Å²) in [5.74, 6) is 1.48. The second-order valence-electron chi connectivity index (χ2n) is 7.16. The van der Waals surface area contributed by atoms with Crippen LogP contribution >= 0.6 is 0 Å². The van der Waals surface area contributed by atoms with Crippen LogP contribution in [0.25, 0.3) is 22.2 Å². The van der Waals surface area contributed by atoms with E-state index in [2.05, 4.69) is 15.0 Å². The van der Waals surface area contributed by atoms with Crippen LogP contribution in [0.3, 0.4) is 0 Å². The Hall–Kier alpha value is -3.92. The summed E-state index contributed by atoms with van der Waals surface area (Å²) in [5.41, 5.74) is 4.07. The van der Waals surface area contributed by atoms with E-state index in [1.165, 1.54) is 0 Å². The summed E-state index contributed by atoms with van der Waals surface area (Å²) in [6.07, 6.45) is 1.11. The number of anilines is 3. The molecule has 1 aromatic heterocycles. The molecule has 0 aliphatic rings. The van der Waals surface area contributed by atoms with Crippen molar-refractivity contribution in [2.45, 2.75) is 0 Å². The molecule has 0 amide bonds. The van der Waals surface area contributed by atoms with Crippen LogP contribution in [0.1, 0.15) is 0 Å². The lowest BCUT2D eigenvalue weighted by Crippen LogP contribution is -2.09. The fraction of sp³-hybridized carbons (Fsp3) is 0.174. The molecule has 33 heavy (non-hydrogen) atoms. The highest BCUT2D eigenvalue weighted by Gasteiger charge is 2.16. The van der Waals surface area contributed by atoms with Gasteiger partial charge in [-0.1, -0.05) is 24.3 Å². The van der Waals surface area contributed by atoms with Crippen molar-refractivity contribution in [1.29, 1.82) is 0 Å². The minimum absolute atomic E-state index is 0.294. The number of methoxy groups -OCH3 is 3. The molecule has 9 nitrogen and oxygen atoms in total. The van der Waals surface area contributed by atoms with Crippen molar-refractivity contribution in [3.05, 3.63) is 54.6 Å². The lowest BCUT2D eigenvalue weighted by molar-refractivity contribution is 0.324. The summed E-state index contributed by atoms with van der Waals surface area (Å²) in [7, 11) is 1.29. The second-order valence-corrected chi connectivity index (χ2v) is 8.91. The summed E-state index contributed by atoms with van der Waals surface area (Å²) in [6.45, 7) is 0. The van der Waals surface area contributed by atoms with Gasteiger partial charge < -0.3 is 23.9 Å². The summed E-state index contributed by atoms with van der Waals surface area (Å²) >= 11 is 0. The Morgan fingerprint density at radius 3 is 2.12 bits per heavy atom. The van der Waals surface area contributed by atoms with E-state index in [1.807, 2.05) is 30.3 Å². The number of sulfonamides is 1. The number of ether oxygens (including phenoxy) is 3. The van der Waals surface area contributed by atoms with Crippen LogP contribution in [0.5, 0.6) is 17.2 Å². The predicted octanol–water partition coefficient (Wildman–Crippen LogP) is 4.64. The molecule has 0 aliphatic heterocycles. The number of para-hydroxylation sites is 1. The molecular formula is C23H23N3O6S. The van der Waals surface area contributed by atoms with E-state index in [-0.39, 0.29) is 0 Å². The van der Waals surface area contributed by atoms with Gasteiger partial charge in [0, 0.05) is 29.1 Å². The maximum absolute atomic E-state index is 11.4. The van der Waals surface area contributed by atoms with E-state index in [0.717, 1.165) is 17.4 Å². The lowest BCUT2D eigenvalue weighted by Gasteiger charge is -2.14. The van der Waals surface area contributed by atoms with Crippen molar-refractivity contribution >= 4 is 38.5 Å². The molecule has 0 spiro atoms. The van der Waals surface area contributed by atoms with Gasteiger partial charge in [-0.2, -0.15) is 4.98 Å². The number of nitrogens with zero attached hydrogens (tertiary/aromatic N) is 1. The molecule has 3 aromatic carbocycles. The van der Waals surface area contributed by atoms with E-state index < -0.39 is 10.0 Å². The Morgan fingerprint density at radius 2 is 1.55 bits per heavy atom. The monoisotopic (exact) mass is 469 g/mol. The normalized spacial score (nSPS) is 11.3. The Morgan fingerprint density at radius 1 is 0.879 bits per heavy atom. The van der Waals surface area contributed by atoms with Gasteiger partial charge in [-0.15, -0.1) is 0 Å². The average molecular weight is 470 g/mol. The third-order valence-corrected chi connectivity index (χ3v) is 5.44. The molecule has 0 saturated carbocycles. The molecule has 0 bridgehead atoms. The SMILES string of the molecule is COc1cc(Nc2nc3cccc(-c4ccc(NS(C)(=O)=O)cc4)c3o2)cc(OC)c1OC. The van der Waals surface area contributed by atoms with E-state index in [9.17, 15) is 8.42 Å². The molecular weight excluding hydrogens is 446 g/mol. The summed E-state index contributed by atoms with van der Waals surface area (Å²) in [5, 5.41) is 3.14. The topological polar surface area (TPSA) is 112 Å². The van der Waals surface area contributed by atoms with Crippen molar-refractivity contribution < 1.29 is 27.0 Å². The molecule has 0 unspecified atom stereocenters. The first-order chi connectivity index (χ1) is 15.8. The predicted molar refractivity (Wildman–Crippen MR) is 127 cm³/mol. The van der Waals surface area contributed by atoms with Gasteiger partial charge in [0.15, 0.2) is 17.1 Å². The Bertz CT molecular complexity index is 1370. The number of aromatic nitrogens is 1. The van der Waals surface area contributed by atoms with Gasteiger partial charge in [0.25, 0.3) is 6.01 Å². The van der Waals surface area contributed by atoms with Gasteiger partial charge in [0.2, 0.25) is 15.8 Å². The molecule has 4 aromatic rings. The molecule has 1 heterocycles. The first-order valence-electron chi connectivity index (χ1n) is 9.86. The van der Waals surface area contributed by atoms with E-state index >= 15 is 0 Å². The van der Waals surface area contributed by atoms with Crippen LogP contribution in [0.4, 0.5) is 17.4 Å². The zero-order chi connectivity index (χ0) is 23.6. The Balaban J connectivity index is 1.67. The van der Waals surface area contributed by atoms with Crippen molar-refractivity contribution in [1.82, 2.24) is 4.98 Å². The maximum Gasteiger partial charge on any atom is 0.300 e. The van der Waals surface area contributed by atoms with E-state index in [0.29, 0.717) is 45.7 Å². The van der Waals surface area contributed by atoms with Crippen molar-refractivity contribution in [3.8, 4) is 28.4 Å². The number of fused-ring (bicyclic) bond motifs is 1. The minimum Gasteiger partial charge on any atom is -0.493 e. The standard InChI is InChI=1S/C23H23N3O6S/c1-29-19-12-16(13-20(30-2)22(19)31-3)24-23-25-18-7-5-6-17(21(18)32-23)14-8-10-15(11-9-14)26-33(4,27)28/h5-13,26H,1-4H3,(H,24,25). The molecule has 0 saturated heterocycles. The highest BCUT2D eigenvalue weighted by molar-refractivity contribution is 7.92. The van der Waals surface area contributed by atoms with Crippen LogP contribution in [-0.2, 0) is 10.0 Å². The second kappa shape index (κ2) is 8.91. The first kappa shape index (κ1) is 22.3. The van der Waals surface area contributed by atoms with Gasteiger partial charge in [-0.3, -0.25) is 4.72 Å². The maximum atomic E-state index is 11.4. The number of nitrogens with one attached hydrogen (secondary N) is 2. The van der Waals surface area contributed by atoms with Gasteiger partial charge in [0.05, 0.1) is 27.6 Å². The zero-order valence-corrected chi connectivity index (χ0v) is 19.3. The molecule has 172 valence electrons. The summed E-state index contributed by atoms with van der Waals surface area (Å²) in [6, 6.07) is 16.5. The van der Waals surface area contributed by atoms with E-state index in [1.54, 1.807) is 45.6 Å². The number of benzene rings is 3. The zero-order valence-electron chi connectivity index (χ0n) is 18.5. The van der Waals surface area contributed by atoms with Crippen molar-refractivity contribution in [3.63, 3.8) is 0 Å². The third kappa shape index (κ3) is 4.80. The van der Waals surface area contributed by atoms with Gasteiger partial charge in [-0.25, -0.2) is 8.42 Å². The van der Waals surface area contributed by atoms with Gasteiger partial charge >= 0.3 is 0 Å². The fourth-order valence-corrected chi connectivity index (χ4v) is 4.00. The van der Waals surface area contributed by atoms with E-state index in [4.69, 9.17) is 18.6 Å². The van der Waals surface area contributed by atoms with Crippen LogP contribution in [0.15, 0.2) is 59.0 Å². The fourth-order valence-electron chi connectivity index (χ4n) is 3.44. The average Bonchev–Trinajstić information content (AvgIpc) is 3.20. The summed E-state index contributed by atoms with van der Waals surface area (Å²) < 4.78 is 47.5. The molecule has 4 rings (SSSR count). The number of hydrogen-bond acceptors (Lipinski definition) is 8. The molecule has 10 heteroatoms. The largest absolute Gasteiger partial charge is 0.493 e. The van der Waals surface area contributed by atoms with Gasteiger partial charge in [0.1, 0.15) is 5.52 Å². The van der Waals surface area contributed by atoms with Crippen LogP contribution in [-0.4, -0.2) is 41.0 Å². The first-order valence-corrected chi connectivity index (χ1v) is 11.7. The molecule has 2 N–H and O–H groups in total. The molecule has 0 aliphatic carbocycles. The van der Waals surface area contributed by atoms with Crippen molar-refractivity contribution in [2.75, 3.05) is 37.6 Å². The molecule has 0 radical (unpaired) electrons.